The molecule has 0 aromatic heterocycles. The summed E-state index contributed by atoms with van der Waals surface area (Å²) in [4.78, 5) is 36.7. The lowest BCUT2D eigenvalue weighted by Crippen LogP contribution is -2.19. The number of hydrogen-bond acceptors (Lipinski definition) is 4. The van der Waals surface area contributed by atoms with Gasteiger partial charge in [-0.2, -0.15) is 13.2 Å². The largest absolute Gasteiger partial charge is 0.441 e. The number of hydrogen-bond donors (Lipinski definition) is 3. The topological polar surface area (TPSA) is 87.3 Å². The zero-order valence-electron chi connectivity index (χ0n) is 17.7. The van der Waals surface area contributed by atoms with E-state index in [2.05, 4.69) is 10.6 Å². The van der Waals surface area contributed by atoms with Gasteiger partial charge in [-0.15, -0.1) is 23.2 Å². The summed E-state index contributed by atoms with van der Waals surface area (Å²) >= 11 is 17.3. The van der Waals surface area contributed by atoms with Crippen molar-refractivity contribution in [1.82, 2.24) is 0 Å². The average Bonchev–Trinajstić information content (AvgIpc) is 3.41. The fourth-order valence-electron chi connectivity index (χ4n) is 2.92. The molecule has 1 unspecified atom stereocenters. The molecule has 2 aromatic rings. The number of thioether (sulfide) groups is 1. The molecule has 3 rings (SSSR count). The Hall–Kier alpha value is -2.28. The Labute approximate surface area is 220 Å². The first-order chi connectivity index (χ1) is 16.7. The molecule has 1 fully saturated rings. The normalized spacial score (nSPS) is 16.3. The lowest BCUT2D eigenvalue weighted by atomic mass is 10.1. The van der Waals surface area contributed by atoms with Crippen LogP contribution in [0.1, 0.15) is 23.2 Å². The minimum atomic E-state index is -4.56. The second kappa shape index (κ2) is 11.0. The van der Waals surface area contributed by atoms with E-state index >= 15 is 0 Å². The van der Waals surface area contributed by atoms with Crippen molar-refractivity contribution < 1.29 is 36.3 Å². The molecule has 0 radical (unpaired) electrons. The first-order valence-electron chi connectivity index (χ1n) is 9.96. The summed E-state index contributed by atoms with van der Waals surface area (Å²) in [6.45, 7) is 0. The number of anilines is 3. The molecule has 36 heavy (non-hydrogen) atoms. The van der Waals surface area contributed by atoms with Gasteiger partial charge in [-0.05, 0) is 36.8 Å². The number of halogens is 8. The molecular weight excluding hydrogens is 576 g/mol. The van der Waals surface area contributed by atoms with Crippen molar-refractivity contribution >= 4 is 81.3 Å². The van der Waals surface area contributed by atoms with Crippen molar-refractivity contribution in [3.8, 4) is 0 Å². The Morgan fingerprint density at radius 3 is 2.33 bits per heavy atom. The minimum absolute atomic E-state index is 0.0563. The van der Waals surface area contributed by atoms with Crippen LogP contribution in [0.2, 0.25) is 5.02 Å². The lowest BCUT2D eigenvalue weighted by molar-refractivity contribution is -0.117. The standard InChI is InChI=1S/C21H15Cl3F5N3O3S/c22-12-2-1-9(30-19(35)11-8-20(11,23)24)7-10(12)18(34)31-14-4-3-13(25)17(16(14)26)32-15(33)5-6-36-21(27,28)29/h1-4,7,11H,5-6,8H2,(H,30,35)(H,31,34)(H,32,33). The van der Waals surface area contributed by atoms with E-state index in [1.807, 2.05) is 5.32 Å². The van der Waals surface area contributed by atoms with E-state index in [0.29, 0.717) is 0 Å². The molecule has 15 heteroatoms. The molecule has 0 heterocycles. The summed E-state index contributed by atoms with van der Waals surface area (Å²) in [5.74, 6) is -6.34. The summed E-state index contributed by atoms with van der Waals surface area (Å²) in [5.41, 5.74) is -6.04. The van der Waals surface area contributed by atoms with Crippen molar-refractivity contribution in [2.75, 3.05) is 21.7 Å². The first kappa shape index (κ1) is 28.3. The molecule has 3 N–H and O–H groups in total. The Kier molecular flexibility index (Phi) is 8.64. The smallest absolute Gasteiger partial charge is 0.326 e. The highest BCUT2D eigenvalue weighted by Crippen LogP contribution is 2.53. The van der Waals surface area contributed by atoms with Crippen LogP contribution in [0.5, 0.6) is 0 Å². The van der Waals surface area contributed by atoms with Crippen LogP contribution >= 0.6 is 46.6 Å². The Morgan fingerprint density at radius 1 is 1.06 bits per heavy atom. The van der Waals surface area contributed by atoms with Gasteiger partial charge in [0.05, 0.1) is 22.2 Å². The molecule has 194 valence electrons. The average molecular weight is 591 g/mol. The van der Waals surface area contributed by atoms with Gasteiger partial charge in [0.15, 0.2) is 5.82 Å². The maximum absolute atomic E-state index is 14.8. The van der Waals surface area contributed by atoms with Gasteiger partial charge in [0.1, 0.15) is 15.8 Å². The van der Waals surface area contributed by atoms with Gasteiger partial charge in [0.25, 0.3) is 5.91 Å². The number of benzene rings is 2. The third-order valence-corrected chi connectivity index (χ3v) is 6.72. The van der Waals surface area contributed by atoms with E-state index in [4.69, 9.17) is 34.8 Å². The van der Waals surface area contributed by atoms with Gasteiger partial charge in [-0.3, -0.25) is 14.4 Å². The summed E-state index contributed by atoms with van der Waals surface area (Å²) in [6, 6.07) is 5.55. The molecule has 1 atom stereocenters. The van der Waals surface area contributed by atoms with Gasteiger partial charge in [0, 0.05) is 17.9 Å². The number of carbonyl (C=O) groups excluding carboxylic acids is 3. The van der Waals surface area contributed by atoms with Gasteiger partial charge in [-0.25, -0.2) is 8.78 Å². The molecule has 1 aliphatic carbocycles. The van der Waals surface area contributed by atoms with Crippen molar-refractivity contribution in [1.29, 1.82) is 0 Å². The zero-order valence-corrected chi connectivity index (χ0v) is 20.8. The molecular formula is C21H15Cl3F5N3O3S. The molecule has 0 saturated heterocycles. The van der Waals surface area contributed by atoms with Crippen molar-refractivity contribution in [3.63, 3.8) is 0 Å². The van der Waals surface area contributed by atoms with Crippen LogP contribution in [0.4, 0.5) is 39.0 Å². The quantitative estimate of drug-likeness (QED) is 0.239. The summed E-state index contributed by atoms with van der Waals surface area (Å²) in [6.07, 6.45) is -0.407. The van der Waals surface area contributed by atoms with Crippen molar-refractivity contribution in [2.24, 2.45) is 5.92 Å². The van der Waals surface area contributed by atoms with Gasteiger partial charge in [0.2, 0.25) is 11.8 Å². The Bertz CT molecular complexity index is 1210. The molecule has 1 saturated carbocycles. The van der Waals surface area contributed by atoms with Gasteiger partial charge >= 0.3 is 5.51 Å². The lowest BCUT2D eigenvalue weighted by Gasteiger charge is -2.13. The number of rotatable bonds is 8. The molecule has 0 aliphatic heterocycles. The van der Waals surface area contributed by atoms with Crippen LogP contribution in [-0.2, 0) is 9.59 Å². The van der Waals surface area contributed by atoms with E-state index in [9.17, 15) is 36.3 Å². The Morgan fingerprint density at radius 2 is 1.72 bits per heavy atom. The van der Waals surface area contributed by atoms with Gasteiger partial charge < -0.3 is 16.0 Å². The molecule has 0 bridgehead atoms. The summed E-state index contributed by atoms with van der Waals surface area (Å²) in [5, 5.41) is 6.52. The summed E-state index contributed by atoms with van der Waals surface area (Å²) < 4.78 is 64.3. The van der Waals surface area contributed by atoms with E-state index in [1.54, 1.807) is 0 Å². The minimum Gasteiger partial charge on any atom is -0.326 e. The van der Waals surface area contributed by atoms with Crippen molar-refractivity contribution in [3.05, 3.63) is 52.6 Å². The number of amides is 3. The molecule has 0 spiro atoms. The maximum Gasteiger partial charge on any atom is 0.441 e. The molecule has 6 nitrogen and oxygen atoms in total. The Balaban J connectivity index is 1.71. The second-order valence-electron chi connectivity index (χ2n) is 7.53. The second-order valence-corrected chi connectivity index (χ2v) is 10.6. The number of carbonyl (C=O) groups is 3. The van der Waals surface area contributed by atoms with Crippen LogP contribution in [0.25, 0.3) is 0 Å². The highest BCUT2D eigenvalue weighted by Gasteiger charge is 2.56. The number of alkyl halides is 5. The van der Waals surface area contributed by atoms with E-state index < -0.39 is 80.4 Å². The number of nitrogens with one attached hydrogen (secondary N) is 3. The SMILES string of the molecule is O=C(CCSC(F)(F)F)Nc1c(F)ccc(NC(=O)c2cc(NC(=O)C3CC3(Cl)Cl)ccc2Cl)c1F. The third kappa shape index (κ3) is 7.37. The predicted octanol–water partition coefficient (Wildman–Crippen LogP) is 6.58. The monoisotopic (exact) mass is 589 g/mol. The fraction of sp³-hybridized carbons (Fsp3) is 0.286. The van der Waals surface area contributed by atoms with Crippen molar-refractivity contribution in [2.45, 2.75) is 22.7 Å². The van der Waals surface area contributed by atoms with Crippen LogP contribution in [0.15, 0.2) is 30.3 Å². The highest BCUT2D eigenvalue weighted by molar-refractivity contribution is 8.00. The van der Waals surface area contributed by atoms with Gasteiger partial charge in [-0.1, -0.05) is 23.4 Å². The van der Waals surface area contributed by atoms with Crippen LogP contribution < -0.4 is 16.0 Å². The predicted molar refractivity (Wildman–Crippen MR) is 129 cm³/mol. The molecule has 1 aliphatic rings. The van der Waals surface area contributed by atoms with Crippen LogP contribution in [0.3, 0.4) is 0 Å². The molecule has 2 aromatic carbocycles. The molecule has 3 amide bonds. The summed E-state index contributed by atoms with van der Waals surface area (Å²) in [7, 11) is 0. The van der Waals surface area contributed by atoms with Crippen LogP contribution in [-0.4, -0.2) is 33.3 Å². The first-order valence-corrected chi connectivity index (χ1v) is 12.1. The third-order valence-electron chi connectivity index (χ3n) is 4.82. The van der Waals surface area contributed by atoms with E-state index in [0.717, 1.165) is 12.1 Å². The zero-order chi connectivity index (χ0) is 26.8. The fourth-order valence-corrected chi connectivity index (χ4v) is 4.15. The van der Waals surface area contributed by atoms with Crippen LogP contribution in [0, 0.1) is 17.6 Å². The van der Waals surface area contributed by atoms with E-state index in [1.165, 1.54) is 18.2 Å². The van der Waals surface area contributed by atoms with E-state index in [-0.39, 0.29) is 22.7 Å². The maximum atomic E-state index is 14.8. The highest BCUT2D eigenvalue weighted by atomic mass is 35.5.